The highest BCUT2D eigenvalue weighted by atomic mass is 35.5. The third kappa shape index (κ3) is 6.09. The van der Waals surface area contributed by atoms with Gasteiger partial charge < -0.3 is 19.9 Å². The van der Waals surface area contributed by atoms with E-state index < -0.39 is 6.10 Å². The van der Waals surface area contributed by atoms with E-state index in [4.69, 9.17) is 26.3 Å². The molecule has 0 spiro atoms. The van der Waals surface area contributed by atoms with Gasteiger partial charge in [0.1, 0.15) is 30.8 Å². The molecule has 1 atom stereocenters. The summed E-state index contributed by atoms with van der Waals surface area (Å²) in [6.45, 7) is 1.60. The predicted octanol–water partition coefficient (Wildman–Crippen LogP) is 2.62. The summed E-state index contributed by atoms with van der Waals surface area (Å²) in [5.41, 5.74) is 0.572. The molecular formula is C18H19ClN2O3. The Bertz CT molecular complexity index is 671. The maximum atomic E-state index is 9.87. The smallest absolute Gasteiger partial charge is 0.137 e. The van der Waals surface area contributed by atoms with E-state index in [0.29, 0.717) is 41.8 Å². The SMILES string of the molecule is N#Cc1ccc(OCC(O)CNCCOc2ccccc2Cl)cc1. The Kier molecular flexibility index (Phi) is 7.37. The summed E-state index contributed by atoms with van der Waals surface area (Å²) in [5.74, 6) is 1.26. The van der Waals surface area contributed by atoms with Gasteiger partial charge in [-0.3, -0.25) is 0 Å². The highest BCUT2D eigenvalue weighted by Gasteiger charge is 2.05. The molecule has 126 valence electrons. The number of aliphatic hydroxyl groups is 1. The van der Waals surface area contributed by atoms with Gasteiger partial charge in [0.05, 0.1) is 16.7 Å². The minimum absolute atomic E-state index is 0.171. The highest BCUT2D eigenvalue weighted by Crippen LogP contribution is 2.22. The number of nitrogens with one attached hydrogen (secondary N) is 1. The van der Waals surface area contributed by atoms with Gasteiger partial charge in [0, 0.05) is 13.1 Å². The minimum Gasteiger partial charge on any atom is -0.491 e. The number of para-hydroxylation sites is 1. The van der Waals surface area contributed by atoms with Crippen LogP contribution in [0.25, 0.3) is 0 Å². The molecule has 0 radical (unpaired) electrons. The third-order valence-electron chi connectivity index (χ3n) is 3.18. The van der Waals surface area contributed by atoms with E-state index in [1.807, 2.05) is 24.3 Å². The van der Waals surface area contributed by atoms with Gasteiger partial charge in [0.15, 0.2) is 0 Å². The zero-order valence-electron chi connectivity index (χ0n) is 13.1. The fourth-order valence-corrected chi connectivity index (χ4v) is 2.13. The van der Waals surface area contributed by atoms with Gasteiger partial charge in [-0.1, -0.05) is 23.7 Å². The van der Waals surface area contributed by atoms with E-state index in [-0.39, 0.29) is 6.61 Å². The summed E-state index contributed by atoms with van der Waals surface area (Å²) in [5, 5.41) is 22.3. The number of nitriles is 1. The molecule has 2 aromatic rings. The van der Waals surface area contributed by atoms with E-state index in [9.17, 15) is 5.11 Å². The van der Waals surface area contributed by atoms with Crippen LogP contribution < -0.4 is 14.8 Å². The molecule has 5 nitrogen and oxygen atoms in total. The van der Waals surface area contributed by atoms with Crippen LogP contribution in [0.2, 0.25) is 5.02 Å². The number of hydrogen-bond acceptors (Lipinski definition) is 5. The molecule has 2 rings (SSSR count). The van der Waals surface area contributed by atoms with Crippen LogP contribution in [-0.2, 0) is 0 Å². The average molecular weight is 347 g/mol. The number of aliphatic hydroxyl groups excluding tert-OH is 1. The van der Waals surface area contributed by atoms with Crippen molar-refractivity contribution < 1.29 is 14.6 Å². The van der Waals surface area contributed by atoms with Crippen molar-refractivity contribution in [1.82, 2.24) is 5.32 Å². The summed E-state index contributed by atoms with van der Waals surface area (Å²) in [6.07, 6.45) is -0.638. The number of benzene rings is 2. The average Bonchev–Trinajstić information content (AvgIpc) is 2.61. The molecule has 0 aromatic heterocycles. The summed E-state index contributed by atoms with van der Waals surface area (Å²) in [7, 11) is 0. The van der Waals surface area contributed by atoms with Crippen molar-refractivity contribution in [2.75, 3.05) is 26.3 Å². The van der Waals surface area contributed by atoms with Crippen LogP contribution in [0, 0.1) is 11.3 Å². The number of nitrogens with zero attached hydrogens (tertiary/aromatic N) is 1. The monoisotopic (exact) mass is 346 g/mol. The fourth-order valence-electron chi connectivity index (χ4n) is 1.94. The predicted molar refractivity (Wildman–Crippen MR) is 92.5 cm³/mol. The van der Waals surface area contributed by atoms with Crippen LogP contribution in [0.1, 0.15) is 5.56 Å². The molecule has 0 heterocycles. The molecule has 24 heavy (non-hydrogen) atoms. The highest BCUT2D eigenvalue weighted by molar-refractivity contribution is 6.32. The largest absolute Gasteiger partial charge is 0.491 e. The van der Waals surface area contributed by atoms with E-state index in [1.54, 1.807) is 30.3 Å². The minimum atomic E-state index is -0.638. The molecule has 2 N–H and O–H groups in total. The zero-order chi connectivity index (χ0) is 17.2. The van der Waals surface area contributed by atoms with Crippen molar-refractivity contribution in [3.8, 4) is 17.6 Å². The Morgan fingerprint density at radius 2 is 1.88 bits per heavy atom. The Morgan fingerprint density at radius 1 is 1.12 bits per heavy atom. The third-order valence-corrected chi connectivity index (χ3v) is 3.49. The lowest BCUT2D eigenvalue weighted by Gasteiger charge is -2.14. The molecule has 0 amide bonds. The van der Waals surface area contributed by atoms with Crippen LogP contribution in [0.5, 0.6) is 11.5 Å². The van der Waals surface area contributed by atoms with Crippen molar-refractivity contribution in [2.45, 2.75) is 6.10 Å². The standard InChI is InChI=1S/C18H19ClN2O3/c19-17-3-1-2-4-18(17)23-10-9-21-12-15(22)13-24-16-7-5-14(11-20)6-8-16/h1-8,15,21-22H,9-10,12-13H2. The summed E-state index contributed by atoms with van der Waals surface area (Å²) >= 11 is 5.99. The molecule has 0 aliphatic carbocycles. The maximum Gasteiger partial charge on any atom is 0.137 e. The first-order valence-electron chi connectivity index (χ1n) is 7.58. The van der Waals surface area contributed by atoms with Gasteiger partial charge in [0.2, 0.25) is 0 Å². The number of halogens is 1. The van der Waals surface area contributed by atoms with Crippen molar-refractivity contribution in [3.63, 3.8) is 0 Å². The zero-order valence-corrected chi connectivity index (χ0v) is 13.9. The Morgan fingerprint density at radius 3 is 2.58 bits per heavy atom. The van der Waals surface area contributed by atoms with E-state index in [2.05, 4.69) is 5.32 Å². The second-order valence-corrected chi connectivity index (χ2v) is 5.49. The van der Waals surface area contributed by atoms with Gasteiger partial charge in [0.25, 0.3) is 0 Å². The second-order valence-electron chi connectivity index (χ2n) is 5.08. The van der Waals surface area contributed by atoms with Gasteiger partial charge in [-0.05, 0) is 36.4 Å². The Balaban J connectivity index is 1.58. The first-order chi connectivity index (χ1) is 11.7. The van der Waals surface area contributed by atoms with Gasteiger partial charge in [-0.2, -0.15) is 5.26 Å². The molecule has 6 heteroatoms. The maximum absolute atomic E-state index is 9.87. The van der Waals surface area contributed by atoms with Gasteiger partial charge in [-0.15, -0.1) is 0 Å². The Labute approximate surface area is 146 Å². The molecule has 2 aromatic carbocycles. The topological polar surface area (TPSA) is 74.5 Å². The number of ether oxygens (including phenoxy) is 2. The molecule has 0 saturated heterocycles. The van der Waals surface area contributed by atoms with Crippen LogP contribution in [-0.4, -0.2) is 37.5 Å². The molecule has 0 fully saturated rings. The van der Waals surface area contributed by atoms with Crippen LogP contribution in [0.3, 0.4) is 0 Å². The quantitative estimate of drug-likeness (QED) is 0.683. The summed E-state index contributed by atoms with van der Waals surface area (Å²) < 4.78 is 11.0. The van der Waals surface area contributed by atoms with Crippen LogP contribution >= 0.6 is 11.6 Å². The number of rotatable bonds is 9. The lowest BCUT2D eigenvalue weighted by atomic mass is 10.2. The lowest BCUT2D eigenvalue weighted by Crippen LogP contribution is -2.33. The fraction of sp³-hybridized carbons (Fsp3) is 0.278. The summed E-state index contributed by atoms with van der Waals surface area (Å²) in [4.78, 5) is 0. The molecule has 0 bridgehead atoms. The molecule has 0 saturated carbocycles. The molecule has 0 aliphatic rings. The van der Waals surface area contributed by atoms with Gasteiger partial charge in [-0.25, -0.2) is 0 Å². The first-order valence-corrected chi connectivity index (χ1v) is 7.96. The molecule has 0 aliphatic heterocycles. The van der Waals surface area contributed by atoms with Crippen molar-refractivity contribution in [2.24, 2.45) is 0 Å². The summed E-state index contributed by atoms with van der Waals surface area (Å²) in [6, 6.07) is 16.1. The van der Waals surface area contributed by atoms with Crippen molar-refractivity contribution in [3.05, 3.63) is 59.1 Å². The van der Waals surface area contributed by atoms with Gasteiger partial charge >= 0.3 is 0 Å². The van der Waals surface area contributed by atoms with E-state index in [0.717, 1.165) is 0 Å². The molecular weight excluding hydrogens is 328 g/mol. The van der Waals surface area contributed by atoms with E-state index >= 15 is 0 Å². The van der Waals surface area contributed by atoms with Crippen molar-refractivity contribution >= 4 is 11.6 Å². The first kappa shape index (κ1) is 18.1. The molecule has 1 unspecified atom stereocenters. The van der Waals surface area contributed by atoms with Crippen molar-refractivity contribution in [1.29, 1.82) is 5.26 Å². The van der Waals surface area contributed by atoms with Crippen LogP contribution in [0.15, 0.2) is 48.5 Å². The van der Waals surface area contributed by atoms with E-state index in [1.165, 1.54) is 0 Å². The number of hydrogen-bond donors (Lipinski definition) is 2. The normalized spacial score (nSPS) is 11.5. The second kappa shape index (κ2) is 9.78. The van der Waals surface area contributed by atoms with Crippen LogP contribution in [0.4, 0.5) is 0 Å². The Hall–Kier alpha value is -2.26. The lowest BCUT2D eigenvalue weighted by molar-refractivity contribution is 0.105.